The Labute approximate surface area is 154 Å². The van der Waals surface area contributed by atoms with Crippen molar-refractivity contribution in [1.82, 2.24) is 9.88 Å². The first-order valence-electron chi connectivity index (χ1n) is 9.65. The second kappa shape index (κ2) is 8.49. The Kier molecular flexibility index (Phi) is 6.09. The van der Waals surface area contributed by atoms with Crippen molar-refractivity contribution in [2.75, 3.05) is 19.7 Å². The number of esters is 1. The number of nitrogens with one attached hydrogen (secondary N) is 1. The molecular formula is C21H28N2O3. The van der Waals surface area contributed by atoms with E-state index in [0.717, 1.165) is 36.3 Å². The van der Waals surface area contributed by atoms with Gasteiger partial charge in [-0.05, 0) is 57.5 Å². The summed E-state index contributed by atoms with van der Waals surface area (Å²) in [6.07, 6.45) is 5.70. The number of ether oxygens (including phenoxy) is 1. The van der Waals surface area contributed by atoms with Crippen LogP contribution in [-0.4, -0.2) is 35.5 Å². The SMILES string of the molecule is CCCOC(=O)c1ccc2[nH]c(C)c(CN3CCCCCC3)c(=O)c2c1. The van der Waals surface area contributed by atoms with E-state index in [1.807, 2.05) is 13.8 Å². The summed E-state index contributed by atoms with van der Waals surface area (Å²) in [5.41, 5.74) is 2.93. The van der Waals surface area contributed by atoms with E-state index in [1.54, 1.807) is 18.2 Å². The average molecular weight is 356 g/mol. The Morgan fingerprint density at radius 1 is 1.19 bits per heavy atom. The molecule has 3 rings (SSSR count). The molecule has 2 heterocycles. The monoisotopic (exact) mass is 356 g/mol. The standard InChI is InChI=1S/C21H28N2O3/c1-3-12-26-21(25)16-8-9-19-17(13-16)20(24)18(15(2)22-19)14-23-10-6-4-5-7-11-23/h8-9,13H,3-7,10-12,14H2,1-2H3,(H,22,24). The highest BCUT2D eigenvalue weighted by molar-refractivity contribution is 5.94. The van der Waals surface area contributed by atoms with Gasteiger partial charge in [0.1, 0.15) is 0 Å². The lowest BCUT2D eigenvalue weighted by atomic mass is 10.1. The summed E-state index contributed by atoms with van der Waals surface area (Å²) in [6.45, 7) is 7.05. The molecule has 1 aromatic heterocycles. The number of rotatable bonds is 5. The molecule has 0 unspecified atom stereocenters. The smallest absolute Gasteiger partial charge is 0.338 e. The average Bonchev–Trinajstić information content (AvgIpc) is 2.91. The normalized spacial score (nSPS) is 15.8. The molecule has 26 heavy (non-hydrogen) atoms. The Morgan fingerprint density at radius 2 is 1.92 bits per heavy atom. The van der Waals surface area contributed by atoms with Gasteiger partial charge in [-0.1, -0.05) is 19.8 Å². The molecule has 5 nitrogen and oxygen atoms in total. The van der Waals surface area contributed by atoms with Crippen molar-refractivity contribution in [3.05, 3.63) is 45.2 Å². The lowest BCUT2D eigenvalue weighted by molar-refractivity contribution is 0.0505. The highest BCUT2D eigenvalue weighted by atomic mass is 16.5. The molecule has 2 aromatic rings. The van der Waals surface area contributed by atoms with Crippen LogP contribution >= 0.6 is 0 Å². The molecule has 5 heteroatoms. The van der Waals surface area contributed by atoms with E-state index in [0.29, 0.717) is 24.1 Å². The first-order chi connectivity index (χ1) is 12.6. The van der Waals surface area contributed by atoms with E-state index in [-0.39, 0.29) is 11.4 Å². The maximum atomic E-state index is 13.1. The molecule has 1 aliphatic rings. The molecule has 0 atom stereocenters. The van der Waals surface area contributed by atoms with Crippen LogP contribution in [0.4, 0.5) is 0 Å². The lowest BCUT2D eigenvalue weighted by Gasteiger charge is -2.20. The highest BCUT2D eigenvalue weighted by Gasteiger charge is 2.16. The van der Waals surface area contributed by atoms with Crippen molar-refractivity contribution < 1.29 is 9.53 Å². The van der Waals surface area contributed by atoms with E-state index in [2.05, 4.69) is 9.88 Å². The zero-order valence-electron chi connectivity index (χ0n) is 15.8. The first kappa shape index (κ1) is 18.6. The Bertz CT molecular complexity index is 833. The van der Waals surface area contributed by atoms with Crippen molar-refractivity contribution in [2.45, 2.75) is 52.5 Å². The summed E-state index contributed by atoms with van der Waals surface area (Å²) >= 11 is 0. The van der Waals surface area contributed by atoms with E-state index in [4.69, 9.17) is 4.74 Å². The summed E-state index contributed by atoms with van der Waals surface area (Å²) in [7, 11) is 0. The van der Waals surface area contributed by atoms with Gasteiger partial charge in [-0.15, -0.1) is 0 Å². The predicted molar refractivity (Wildman–Crippen MR) is 104 cm³/mol. The van der Waals surface area contributed by atoms with Crippen LogP contribution in [0.25, 0.3) is 10.9 Å². The maximum absolute atomic E-state index is 13.1. The van der Waals surface area contributed by atoms with Gasteiger partial charge in [0.25, 0.3) is 0 Å². The molecule has 1 fully saturated rings. The molecular weight excluding hydrogens is 328 g/mol. The third-order valence-electron chi connectivity index (χ3n) is 5.07. The molecule has 1 aromatic carbocycles. The predicted octanol–water partition coefficient (Wildman–Crippen LogP) is 3.78. The Morgan fingerprint density at radius 3 is 2.62 bits per heavy atom. The van der Waals surface area contributed by atoms with E-state index in [9.17, 15) is 9.59 Å². The van der Waals surface area contributed by atoms with Crippen molar-refractivity contribution in [1.29, 1.82) is 0 Å². The number of hydrogen-bond donors (Lipinski definition) is 1. The van der Waals surface area contributed by atoms with Crippen LogP contribution in [0.1, 0.15) is 60.6 Å². The van der Waals surface area contributed by atoms with Gasteiger partial charge >= 0.3 is 5.97 Å². The van der Waals surface area contributed by atoms with Crippen molar-refractivity contribution in [3.8, 4) is 0 Å². The third kappa shape index (κ3) is 4.15. The van der Waals surface area contributed by atoms with Gasteiger partial charge in [-0.2, -0.15) is 0 Å². The maximum Gasteiger partial charge on any atom is 0.338 e. The fourth-order valence-corrected chi connectivity index (χ4v) is 3.56. The zero-order valence-corrected chi connectivity index (χ0v) is 15.8. The first-order valence-corrected chi connectivity index (χ1v) is 9.65. The number of aromatic nitrogens is 1. The number of nitrogens with zero attached hydrogens (tertiary/aromatic N) is 1. The Hall–Kier alpha value is -2.14. The van der Waals surface area contributed by atoms with Crippen LogP contribution in [0.2, 0.25) is 0 Å². The van der Waals surface area contributed by atoms with E-state index in [1.165, 1.54) is 25.7 Å². The van der Waals surface area contributed by atoms with E-state index >= 15 is 0 Å². The van der Waals surface area contributed by atoms with Crippen LogP contribution in [-0.2, 0) is 11.3 Å². The molecule has 1 N–H and O–H groups in total. The van der Waals surface area contributed by atoms with Crippen LogP contribution in [0.15, 0.2) is 23.0 Å². The minimum atomic E-state index is -0.372. The van der Waals surface area contributed by atoms with Crippen molar-refractivity contribution >= 4 is 16.9 Å². The van der Waals surface area contributed by atoms with Gasteiger partial charge in [-0.3, -0.25) is 9.69 Å². The fourth-order valence-electron chi connectivity index (χ4n) is 3.56. The van der Waals surface area contributed by atoms with Gasteiger partial charge in [0.05, 0.1) is 12.2 Å². The molecule has 140 valence electrons. The number of benzene rings is 1. The number of fused-ring (bicyclic) bond motifs is 1. The van der Waals surface area contributed by atoms with Gasteiger partial charge in [0, 0.05) is 28.7 Å². The van der Waals surface area contributed by atoms with Crippen molar-refractivity contribution in [3.63, 3.8) is 0 Å². The second-order valence-electron chi connectivity index (χ2n) is 7.14. The molecule has 0 radical (unpaired) electrons. The molecule has 1 saturated heterocycles. The second-order valence-corrected chi connectivity index (χ2v) is 7.14. The summed E-state index contributed by atoms with van der Waals surface area (Å²) in [5, 5.41) is 0.561. The topological polar surface area (TPSA) is 62.4 Å². The number of H-pyrrole nitrogens is 1. The zero-order chi connectivity index (χ0) is 18.5. The minimum absolute atomic E-state index is 0.0191. The quantitative estimate of drug-likeness (QED) is 0.828. The van der Waals surface area contributed by atoms with Gasteiger partial charge < -0.3 is 9.72 Å². The number of aromatic amines is 1. The van der Waals surface area contributed by atoms with Gasteiger partial charge in [0.15, 0.2) is 5.43 Å². The van der Waals surface area contributed by atoms with Gasteiger partial charge in [0.2, 0.25) is 0 Å². The largest absolute Gasteiger partial charge is 0.462 e. The summed E-state index contributed by atoms with van der Waals surface area (Å²) in [5.74, 6) is -0.372. The van der Waals surface area contributed by atoms with Crippen molar-refractivity contribution in [2.24, 2.45) is 0 Å². The number of hydrogen-bond acceptors (Lipinski definition) is 4. The van der Waals surface area contributed by atoms with E-state index < -0.39 is 0 Å². The third-order valence-corrected chi connectivity index (χ3v) is 5.07. The number of likely N-dealkylation sites (tertiary alicyclic amines) is 1. The molecule has 0 spiro atoms. The molecule has 0 bridgehead atoms. The summed E-state index contributed by atoms with van der Waals surface area (Å²) in [4.78, 5) is 30.9. The fraction of sp³-hybridized carbons (Fsp3) is 0.524. The molecule has 0 aliphatic carbocycles. The molecule has 0 saturated carbocycles. The molecule has 1 aliphatic heterocycles. The summed E-state index contributed by atoms with van der Waals surface area (Å²) < 4.78 is 5.20. The van der Waals surface area contributed by atoms with Crippen LogP contribution in [0, 0.1) is 6.92 Å². The van der Waals surface area contributed by atoms with Crippen LogP contribution in [0.5, 0.6) is 0 Å². The number of aryl methyl sites for hydroxylation is 1. The Balaban J connectivity index is 1.93. The minimum Gasteiger partial charge on any atom is -0.462 e. The number of carbonyl (C=O) groups is 1. The van der Waals surface area contributed by atoms with Crippen LogP contribution in [0.3, 0.4) is 0 Å². The number of carbonyl (C=O) groups excluding carboxylic acids is 1. The summed E-state index contributed by atoms with van der Waals surface area (Å²) in [6, 6.07) is 5.17. The lowest BCUT2D eigenvalue weighted by Crippen LogP contribution is -2.28. The highest BCUT2D eigenvalue weighted by Crippen LogP contribution is 2.17. The molecule has 0 amide bonds. The van der Waals surface area contributed by atoms with Gasteiger partial charge in [-0.25, -0.2) is 4.79 Å². The number of pyridine rings is 1. The van der Waals surface area contributed by atoms with Crippen LogP contribution < -0.4 is 5.43 Å².